The molecular weight excluding hydrogens is 585 g/mol. The summed E-state index contributed by atoms with van der Waals surface area (Å²) in [6.07, 6.45) is 0. The molecule has 2 heterocycles. The van der Waals surface area contributed by atoms with Gasteiger partial charge in [-0.15, -0.1) is 0 Å². The SMILES string of the molecule is N#Cc1cc(-n2c3ccccc3c3ccccc32)ccc1-c1c(C#N)cccc1-c1ccccc1-n1c2ccccc2c2ccccc21. The van der Waals surface area contributed by atoms with Crippen LogP contribution in [0.25, 0.3) is 77.2 Å². The van der Waals surface area contributed by atoms with Gasteiger partial charge in [-0.05, 0) is 54.1 Å². The standard InChI is InChI=1S/C44H26N4/c45-27-29-12-11-18-38(37-17-5-10-23-43(37)48-41-21-8-3-15-35(41)36-16-4-9-22-42(36)48)44(29)32-25-24-31(26-30(32)28-46)47-39-19-6-1-13-33(39)34-14-2-7-20-40(34)47/h1-26H. The van der Waals surface area contributed by atoms with Gasteiger partial charge in [-0.25, -0.2) is 0 Å². The molecule has 2 aromatic heterocycles. The van der Waals surface area contributed by atoms with Crippen molar-refractivity contribution in [2.75, 3.05) is 0 Å². The van der Waals surface area contributed by atoms with E-state index in [2.05, 4.69) is 137 Å². The van der Waals surface area contributed by atoms with Crippen LogP contribution in [0.4, 0.5) is 0 Å². The molecule has 0 saturated heterocycles. The van der Waals surface area contributed by atoms with Gasteiger partial charge in [-0.1, -0.05) is 109 Å². The molecule has 0 saturated carbocycles. The van der Waals surface area contributed by atoms with Crippen molar-refractivity contribution in [2.45, 2.75) is 0 Å². The number of aromatic nitrogens is 2. The van der Waals surface area contributed by atoms with Gasteiger partial charge in [0, 0.05) is 43.9 Å². The Balaban J connectivity index is 1.29. The largest absolute Gasteiger partial charge is 0.309 e. The van der Waals surface area contributed by atoms with Crippen molar-refractivity contribution in [3.05, 3.63) is 169 Å². The third-order valence-electron chi connectivity index (χ3n) is 9.43. The van der Waals surface area contributed by atoms with Gasteiger partial charge in [-0.3, -0.25) is 0 Å². The van der Waals surface area contributed by atoms with E-state index >= 15 is 0 Å². The lowest BCUT2D eigenvalue weighted by atomic mass is 9.88. The fourth-order valence-electron chi connectivity index (χ4n) is 7.42. The van der Waals surface area contributed by atoms with Crippen molar-refractivity contribution < 1.29 is 0 Å². The van der Waals surface area contributed by atoms with Gasteiger partial charge in [0.05, 0.1) is 51.0 Å². The van der Waals surface area contributed by atoms with Crippen LogP contribution in [0.2, 0.25) is 0 Å². The molecule has 0 aliphatic carbocycles. The topological polar surface area (TPSA) is 57.4 Å². The summed E-state index contributed by atoms with van der Waals surface area (Å²) in [4.78, 5) is 0. The lowest BCUT2D eigenvalue weighted by Gasteiger charge is -2.19. The summed E-state index contributed by atoms with van der Waals surface area (Å²) in [5, 5.41) is 25.8. The zero-order chi connectivity index (χ0) is 32.2. The van der Waals surface area contributed by atoms with Crippen LogP contribution in [0.3, 0.4) is 0 Å². The Bertz CT molecular complexity index is 2710. The highest BCUT2D eigenvalue weighted by Crippen LogP contribution is 2.42. The molecule has 0 fully saturated rings. The van der Waals surface area contributed by atoms with E-state index in [1.165, 1.54) is 10.8 Å². The van der Waals surface area contributed by atoms with Gasteiger partial charge in [0.2, 0.25) is 0 Å². The molecule has 0 unspecified atom stereocenters. The van der Waals surface area contributed by atoms with Crippen LogP contribution in [0.15, 0.2) is 158 Å². The molecule has 0 aliphatic rings. The first-order chi connectivity index (χ1) is 23.8. The Morgan fingerprint density at radius 1 is 0.375 bits per heavy atom. The first-order valence-corrected chi connectivity index (χ1v) is 15.9. The molecule has 0 aliphatic heterocycles. The predicted octanol–water partition coefficient (Wildman–Crippen LogP) is 11.0. The Labute approximate surface area is 277 Å². The molecule has 0 spiro atoms. The Morgan fingerprint density at radius 3 is 1.42 bits per heavy atom. The van der Waals surface area contributed by atoms with E-state index in [-0.39, 0.29) is 0 Å². The van der Waals surface area contributed by atoms with E-state index in [1.54, 1.807) is 0 Å². The van der Waals surface area contributed by atoms with E-state index in [4.69, 9.17) is 0 Å². The molecule has 0 N–H and O–H groups in total. The Kier molecular flexibility index (Phi) is 6.22. The maximum absolute atomic E-state index is 10.6. The average Bonchev–Trinajstić information content (AvgIpc) is 3.67. The van der Waals surface area contributed by atoms with Crippen LogP contribution >= 0.6 is 0 Å². The molecule has 0 radical (unpaired) electrons. The summed E-state index contributed by atoms with van der Waals surface area (Å²) in [5.74, 6) is 0. The van der Waals surface area contributed by atoms with Crippen molar-refractivity contribution in [2.24, 2.45) is 0 Å². The van der Waals surface area contributed by atoms with E-state index in [0.29, 0.717) is 11.1 Å². The minimum atomic E-state index is 0.507. The zero-order valence-electron chi connectivity index (χ0n) is 25.8. The van der Waals surface area contributed by atoms with Gasteiger partial charge in [-0.2, -0.15) is 10.5 Å². The molecule has 9 rings (SSSR count). The summed E-state index contributed by atoms with van der Waals surface area (Å²) >= 11 is 0. The van der Waals surface area contributed by atoms with Gasteiger partial charge >= 0.3 is 0 Å². The maximum Gasteiger partial charge on any atom is 0.0998 e. The number of nitriles is 2. The van der Waals surface area contributed by atoms with Crippen LogP contribution in [0.1, 0.15) is 11.1 Å². The highest BCUT2D eigenvalue weighted by Gasteiger charge is 2.21. The summed E-state index contributed by atoms with van der Waals surface area (Å²) in [6, 6.07) is 58.7. The number of rotatable bonds is 4. The fraction of sp³-hybridized carbons (Fsp3) is 0. The Hall–Kier alpha value is -6.88. The second-order valence-electron chi connectivity index (χ2n) is 11.9. The fourth-order valence-corrected chi connectivity index (χ4v) is 7.42. The van der Waals surface area contributed by atoms with Gasteiger partial charge < -0.3 is 9.13 Å². The summed E-state index contributed by atoms with van der Waals surface area (Å²) < 4.78 is 4.52. The number of hydrogen-bond acceptors (Lipinski definition) is 2. The molecule has 9 aromatic rings. The molecule has 4 heteroatoms. The van der Waals surface area contributed by atoms with Gasteiger partial charge in [0.1, 0.15) is 0 Å². The molecular formula is C44H26N4. The highest BCUT2D eigenvalue weighted by molar-refractivity contribution is 6.11. The Morgan fingerprint density at radius 2 is 0.854 bits per heavy atom. The van der Waals surface area contributed by atoms with Crippen LogP contribution in [0.5, 0.6) is 0 Å². The van der Waals surface area contributed by atoms with Crippen molar-refractivity contribution in [3.63, 3.8) is 0 Å². The predicted molar refractivity (Wildman–Crippen MR) is 195 cm³/mol. The second-order valence-corrected chi connectivity index (χ2v) is 11.9. The van der Waals surface area contributed by atoms with E-state index in [1.807, 2.05) is 42.5 Å². The molecule has 7 aromatic carbocycles. The number of nitrogens with zero attached hydrogens (tertiary/aromatic N) is 4. The molecule has 48 heavy (non-hydrogen) atoms. The summed E-state index contributed by atoms with van der Waals surface area (Å²) in [6.45, 7) is 0. The summed E-state index contributed by atoms with van der Waals surface area (Å²) in [7, 11) is 0. The lowest BCUT2D eigenvalue weighted by molar-refractivity contribution is 1.18. The molecule has 0 bridgehead atoms. The van der Waals surface area contributed by atoms with Crippen molar-refractivity contribution in [3.8, 4) is 45.8 Å². The number of fused-ring (bicyclic) bond motifs is 6. The van der Waals surface area contributed by atoms with Crippen LogP contribution in [-0.4, -0.2) is 9.13 Å². The van der Waals surface area contributed by atoms with Crippen LogP contribution < -0.4 is 0 Å². The smallest absolute Gasteiger partial charge is 0.0998 e. The monoisotopic (exact) mass is 610 g/mol. The highest BCUT2D eigenvalue weighted by atomic mass is 15.0. The van der Waals surface area contributed by atoms with Crippen LogP contribution in [0, 0.1) is 22.7 Å². The zero-order valence-corrected chi connectivity index (χ0v) is 25.8. The number of benzene rings is 7. The van der Waals surface area contributed by atoms with Crippen LogP contribution in [-0.2, 0) is 0 Å². The van der Waals surface area contributed by atoms with Gasteiger partial charge in [0.25, 0.3) is 0 Å². The van der Waals surface area contributed by atoms with Crippen molar-refractivity contribution in [1.29, 1.82) is 10.5 Å². The lowest BCUT2D eigenvalue weighted by Crippen LogP contribution is -2.00. The minimum absolute atomic E-state index is 0.507. The molecule has 0 amide bonds. The molecule has 4 nitrogen and oxygen atoms in total. The first-order valence-electron chi connectivity index (χ1n) is 15.9. The van der Waals surface area contributed by atoms with Crippen molar-refractivity contribution >= 4 is 43.6 Å². The third-order valence-corrected chi connectivity index (χ3v) is 9.43. The van der Waals surface area contributed by atoms with Crippen molar-refractivity contribution in [1.82, 2.24) is 9.13 Å². The average molecular weight is 611 g/mol. The quantitative estimate of drug-likeness (QED) is 0.199. The number of hydrogen-bond donors (Lipinski definition) is 0. The maximum atomic E-state index is 10.6. The van der Waals surface area contributed by atoms with E-state index < -0.39 is 0 Å². The molecule has 0 atom stereocenters. The normalized spacial score (nSPS) is 11.3. The van der Waals surface area contributed by atoms with Gasteiger partial charge in [0.15, 0.2) is 0 Å². The third kappa shape index (κ3) is 4.01. The number of para-hydroxylation sites is 5. The summed E-state index contributed by atoms with van der Waals surface area (Å²) in [5.41, 5.74) is 10.7. The minimum Gasteiger partial charge on any atom is -0.309 e. The van der Waals surface area contributed by atoms with E-state index in [9.17, 15) is 10.5 Å². The molecule has 222 valence electrons. The van der Waals surface area contributed by atoms with E-state index in [0.717, 1.165) is 66.5 Å². The first kappa shape index (κ1) is 27.4. The second kappa shape index (κ2) is 10.9.